The quantitative estimate of drug-likeness (QED) is 0.356. The van der Waals surface area contributed by atoms with Gasteiger partial charge in [-0.2, -0.15) is 0 Å². The van der Waals surface area contributed by atoms with E-state index in [1.165, 1.54) is 0 Å². The Kier molecular flexibility index (Phi) is 6.18. The van der Waals surface area contributed by atoms with Gasteiger partial charge in [0.15, 0.2) is 12.4 Å². The Labute approximate surface area is 192 Å². The normalized spacial score (nSPS) is 14.7. The van der Waals surface area contributed by atoms with Gasteiger partial charge in [0.1, 0.15) is 0 Å². The minimum atomic E-state index is -0.581. The number of carbonyl (C=O) groups excluding carboxylic acids is 5. The maximum atomic E-state index is 12.4. The van der Waals surface area contributed by atoms with Gasteiger partial charge in [-0.3, -0.25) is 28.9 Å². The number of amides is 3. The fraction of sp³-hybridized carbons (Fsp3) is 0.261. The van der Waals surface area contributed by atoms with Crippen LogP contribution in [0.4, 0.5) is 5.69 Å². The van der Waals surface area contributed by atoms with E-state index in [1.54, 1.807) is 36.4 Å². The summed E-state index contributed by atoms with van der Waals surface area (Å²) in [4.78, 5) is 61.7. The van der Waals surface area contributed by atoms with Crippen LogP contribution in [0.3, 0.4) is 0 Å². The zero-order valence-electron chi connectivity index (χ0n) is 17.0. The van der Waals surface area contributed by atoms with Gasteiger partial charge < -0.3 is 10.1 Å². The first-order chi connectivity index (χ1) is 15.3. The third-order valence-corrected chi connectivity index (χ3v) is 5.88. The van der Waals surface area contributed by atoms with Crippen molar-refractivity contribution < 1.29 is 28.7 Å². The van der Waals surface area contributed by atoms with Crippen LogP contribution in [0.15, 0.2) is 40.9 Å². The molecule has 0 unspecified atom stereocenters. The molecule has 0 atom stereocenters. The molecular formula is C23H19BrN2O6. The minimum Gasteiger partial charge on any atom is -0.457 e. The summed E-state index contributed by atoms with van der Waals surface area (Å²) in [6, 6.07) is 9.84. The number of hydrogen-bond acceptors (Lipinski definition) is 6. The van der Waals surface area contributed by atoms with Gasteiger partial charge in [-0.05, 0) is 54.8 Å². The van der Waals surface area contributed by atoms with Gasteiger partial charge in [0, 0.05) is 35.1 Å². The highest BCUT2D eigenvalue weighted by Crippen LogP contribution is 2.26. The number of halogens is 1. The number of aryl methyl sites for hydroxylation is 1. The molecule has 4 rings (SSSR count). The van der Waals surface area contributed by atoms with Crippen molar-refractivity contribution in [1.29, 1.82) is 0 Å². The number of Topliss-reactive ketones (excluding diaryl/α,β-unsaturated/α-hetero) is 1. The molecule has 2 aliphatic rings. The highest BCUT2D eigenvalue weighted by molar-refractivity contribution is 9.10. The van der Waals surface area contributed by atoms with E-state index in [0.29, 0.717) is 39.7 Å². The first kappa shape index (κ1) is 21.9. The largest absolute Gasteiger partial charge is 0.457 e. The van der Waals surface area contributed by atoms with Crippen molar-refractivity contribution in [1.82, 2.24) is 4.90 Å². The third kappa shape index (κ3) is 4.47. The number of benzene rings is 2. The number of imide groups is 1. The van der Waals surface area contributed by atoms with Gasteiger partial charge >= 0.3 is 5.97 Å². The molecule has 2 aromatic rings. The Morgan fingerprint density at radius 1 is 1.00 bits per heavy atom. The summed E-state index contributed by atoms with van der Waals surface area (Å²) in [5.41, 5.74) is 2.65. The fourth-order valence-electron chi connectivity index (χ4n) is 3.71. The number of anilines is 1. The molecule has 0 aliphatic carbocycles. The smallest absolute Gasteiger partial charge is 0.306 e. The molecule has 3 amide bonds. The monoisotopic (exact) mass is 498 g/mol. The zero-order valence-corrected chi connectivity index (χ0v) is 18.6. The van der Waals surface area contributed by atoms with Gasteiger partial charge in [0.05, 0.1) is 11.1 Å². The molecular weight excluding hydrogens is 480 g/mol. The van der Waals surface area contributed by atoms with E-state index >= 15 is 0 Å². The van der Waals surface area contributed by atoms with Gasteiger partial charge in [0.2, 0.25) is 5.91 Å². The second-order valence-corrected chi connectivity index (χ2v) is 8.48. The van der Waals surface area contributed by atoms with Crippen LogP contribution in [-0.4, -0.2) is 47.5 Å². The van der Waals surface area contributed by atoms with E-state index < -0.39 is 18.5 Å². The van der Waals surface area contributed by atoms with E-state index in [1.807, 2.05) is 0 Å². The van der Waals surface area contributed by atoms with E-state index in [2.05, 4.69) is 21.2 Å². The van der Waals surface area contributed by atoms with Crippen LogP contribution in [0, 0.1) is 0 Å². The second kappa shape index (κ2) is 9.04. The topological polar surface area (TPSA) is 110 Å². The molecule has 0 fully saturated rings. The number of hydrogen-bond donors (Lipinski definition) is 1. The SMILES string of the molecule is O=C1CCc2cc(C(=O)COC(=O)CCCN3C(=O)c4ccc(Br)cc4C3=O)ccc2N1. The zero-order chi connectivity index (χ0) is 22.8. The lowest BCUT2D eigenvalue weighted by atomic mass is 9.99. The second-order valence-electron chi connectivity index (χ2n) is 7.56. The fourth-order valence-corrected chi connectivity index (χ4v) is 4.07. The van der Waals surface area contributed by atoms with Gasteiger partial charge in [-0.25, -0.2) is 0 Å². The number of fused-ring (bicyclic) bond motifs is 2. The van der Waals surface area contributed by atoms with Crippen molar-refractivity contribution in [3.8, 4) is 0 Å². The minimum absolute atomic E-state index is 0.0272. The van der Waals surface area contributed by atoms with Crippen LogP contribution < -0.4 is 5.32 Å². The van der Waals surface area contributed by atoms with E-state index in [4.69, 9.17) is 4.74 Å². The first-order valence-electron chi connectivity index (χ1n) is 10.1. The van der Waals surface area contributed by atoms with Crippen LogP contribution in [0.25, 0.3) is 0 Å². The molecule has 1 N–H and O–H groups in total. The molecule has 0 radical (unpaired) electrons. The molecule has 0 aromatic heterocycles. The molecule has 0 saturated carbocycles. The molecule has 0 saturated heterocycles. The maximum absolute atomic E-state index is 12.4. The Hall–Kier alpha value is -3.33. The van der Waals surface area contributed by atoms with E-state index in [-0.39, 0.29) is 37.0 Å². The lowest BCUT2D eigenvalue weighted by Crippen LogP contribution is -2.31. The van der Waals surface area contributed by atoms with Crippen LogP contribution in [0.5, 0.6) is 0 Å². The molecule has 2 heterocycles. The van der Waals surface area contributed by atoms with Crippen molar-refractivity contribution in [3.05, 3.63) is 63.1 Å². The number of nitrogens with zero attached hydrogens (tertiary/aromatic N) is 1. The van der Waals surface area contributed by atoms with Crippen molar-refractivity contribution in [3.63, 3.8) is 0 Å². The average molecular weight is 499 g/mol. The summed E-state index contributed by atoms with van der Waals surface area (Å²) in [5, 5.41) is 2.75. The van der Waals surface area contributed by atoms with E-state index in [9.17, 15) is 24.0 Å². The molecule has 8 nitrogen and oxygen atoms in total. The highest BCUT2D eigenvalue weighted by atomic mass is 79.9. The lowest BCUT2D eigenvalue weighted by molar-refractivity contribution is -0.142. The summed E-state index contributed by atoms with van der Waals surface area (Å²) in [6.07, 6.45) is 1.12. The Morgan fingerprint density at radius 3 is 2.59 bits per heavy atom. The predicted molar refractivity (Wildman–Crippen MR) is 117 cm³/mol. The van der Waals surface area contributed by atoms with Gasteiger partial charge in [0.25, 0.3) is 11.8 Å². The predicted octanol–water partition coefficient (Wildman–Crippen LogP) is 3.14. The van der Waals surface area contributed by atoms with Gasteiger partial charge in [-0.15, -0.1) is 0 Å². The number of esters is 1. The highest BCUT2D eigenvalue weighted by Gasteiger charge is 2.35. The molecule has 0 spiro atoms. The third-order valence-electron chi connectivity index (χ3n) is 5.38. The van der Waals surface area contributed by atoms with Crippen molar-refractivity contribution in [2.75, 3.05) is 18.5 Å². The van der Waals surface area contributed by atoms with Crippen LogP contribution in [0.1, 0.15) is 55.9 Å². The number of rotatable bonds is 7. The summed E-state index contributed by atoms with van der Waals surface area (Å²) in [7, 11) is 0. The standard InChI is InChI=1S/C23H19BrN2O6/c24-15-5-6-16-17(11-15)23(31)26(22(16)30)9-1-2-21(29)32-12-19(27)14-3-7-18-13(10-14)4-8-20(28)25-18/h3,5-7,10-11H,1-2,4,8-9,12H2,(H,25,28). The van der Waals surface area contributed by atoms with Crippen molar-refractivity contribution in [2.45, 2.75) is 25.7 Å². The van der Waals surface area contributed by atoms with Crippen molar-refractivity contribution >= 4 is 51.1 Å². The van der Waals surface area contributed by atoms with Crippen LogP contribution in [-0.2, 0) is 20.7 Å². The Morgan fingerprint density at radius 2 is 1.78 bits per heavy atom. The number of nitrogens with one attached hydrogen (secondary N) is 1. The lowest BCUT2D eigenvalue weighted by Gasteiger charge is -2.17. The first-order valence-corrected chi connectivity index (χ1v) is 10.9. The summed E-state index contributed by atoms with van der Waals surface area (Å²) in [5.74, 6) is -1.76. The molecule has 164 valence electrons. The summed E-state index contributed by atoms with van der Waals surface area (Å²) < 4.78 is 5.77. The molecule has 9 heteroatoms. The molecule has 32 heavy (non-hydrogen) atoms. The Balaban J connectivity index is 1.25. The number of ether oxygens (including phenoxy) is 1. The van der Waals surface area contributed by atoms with Crippen LogP contribution in [0.2, 0.25) is 0 Å². The number of carbonyl (C=O) groups is 5. The summed E-state index contributed by atoms with van der Waals surface area (Å²) >= 11 is 3.28. The van der Waals surface area contributed by atoms with Crippen molar-refractivity contribution in [2.24, 2.45) is 0 Å². The molecule has 0 bridgehead atoms. The summed E-state index contributed by atoms with van der Waals surface area (Å²) in [6.45, 7) is -0.311. The maximum Gasteiger partial charge on any atom is 0.306 e. The average Bonchev–Trinajstić information content (AvgIpc) is 3.01. The molecule has 2 aliphatic heterocycles. The van der Waals surface area contributed by atoms with E-state index in [0.717, 1.165) is 10.5 Å². The van der Waals surface area contributed by atoms with Crippen LogP contribution >= 0.6 is 15.9 Å². The Bertz CT molecular complexity index is 1160. The van der Waals surface area contributed by atoms with Gasteiger partial charge in [-0.1, -0.05) is 15.9 Å². The molecule has 2 aromatic carbocycles. The number of ketones is 1.